The molecule has 104 valence electrons. The number of hydrogen-bond acceptors (Lipinski definition) is 7. The highest BCUT2D eigenvalue weighted by molar-refractivity contribution is 8.00. The maximum Gasteiger partial charge on any atom is 0.192 e. The highest BCUT2D eigenvalue weighted by atomic mass is 32.2. The smallest absolute Gasteiger partial charge is 0.192 e. The van der Waals surface area contributed by atoms with Crippen molar-refractivity contribution in [2.24, 2.45) is 5.16 Å². The number of rotatable bonds is 2. The standard InChI is InChI=1S/C12H19N5OS/c13-10-7-11(14)16-12(15-10)19-9-6-4-2-1-3-5-8(9)17-18/h7,9,18H,1-6H2,(H4,13,14,15,16)/b17-8+/t9-/m1/s1. The molecule has 0 amide bonds. The average molecular weight is 281 g/mol. The predicted octanol–water partition coefficient (Wildman–Crippen LogP) is 2.29. The zero-order valence-corrected chi connectivity index (χ0v) is 11.6. The Balaban J connectivity index is 2.13. The van der Waals surface area contributed by atoms with Gasteiger partial charge in [0.1, 0.15) is 11.6 Å². The van der Waals surface area contributed by atoms with Crippen molar-refractivity contribution in [1.82, 2.24) is 9.97 Å². The van der Waals surface area contributed by atoms with Crippen molar-refractivity contribution in [3.8, 4) is 0 Å². The molecule has 1 aliphatic rings. The lowest BCUT2D eigenvalue weighted by Gasteiger charge is -2.19. The van der Waals surface area contributed by atoms with Crippen LogP contribution in [0.1, 0.15) is 38.5 Å². The van der Waals surface area contributed by atoms with Crippen molar-refractivity contribution in [2.75, 3.05) is 11.5 Å². The normalized spacial score (nSPS) is 22.9. The zero-order valence-electron chi connectivity index (χ0n) is 10.7. The summed E-state index contributed by atoms with van der Waals surface area (Å²) in [6, 6.07) is 1.53. The van der Waals surface area contributed by atoms with E-state index in [4.69, 9.17) is 16.7 Å². The second-order valence-corrected chi connectivity index (χ2v) is 5.82. The van der Waals surface area contributed by atoms with E-state index in [0.717, 1.165) is 31.4 Å². The van der Waals surface area contributed by atoms with Gasteiger partial charge in [-0.3, -0.25) is 0 Å². The molecular formula is C12H19N5OS. The number of anilines is 2. The highest BCUT2D eigenvalue weighted by Gasteiger charge is 2.21. The summed E-state index contributed by atoms with van der Waals surface area (Å²) < 4.78 is 0. The Bertz CT molecular complexity index is 445. The molecule has 0 spiro atoms. The summed E-state index contributed by atoms with van der Waals surface area (Å²) >= 11 is 1.48. The first-order chi connectivity index (χ1) is 9.19. The fourth-order valence-electron chi connectivity index (χ4n) is 2.20. The first kappa shape index (κ1) is 13.9. The van der Waals surface area contributed by atoms with Gasteiger partial charge in [0, 0.05) is 6.07 Å². The number of thioether (sulfide) groups is 1. The summed E-state index contributed by atoms with van der Waals surface area (Å²) in [5, 5.41) is 13.2. The molecule has 19 heavy (non-hydrogen) atoms. The van der Waals surface area contributed by atoms with Crippen molar-refractivity contribution in [2.45, 2.75) is 48.9 Å². The van der Waals surface area contributed by atoms with E-state index >= 15 is 0 Å². The molecule has 1 aromatic rings. The van der Waals surface area contributed by atoms with Gasteiger partial charge >= 0.3 is 0 Å². The van der Waals surface area contributed by atoms with Gasteiger partial charge in [-0.05, 0) is 19.3 Å². The van der Waals surface area contributed by atoms with Crippen molar-refractivity contribution >= 4 is 29.1 Å². The average Bonchev–Trinajstić information content (AvgIpc) is 2.32. The SMILES string of the molecule is Nc1cc(N)nc(S[C@@H]2CCCCCC/C2=N\O)n1. The van der Waals surface area contributed by atoms with Gasteiger partial charge in [0.25, 0.3) is 0 Å². The maximum absolute atomic E-state index is 9.15. The number of aromatic nitrogens is 2. The zero-order chi connectivity index (χ0) is 13.7. The monoisotopic (exact) mass is 281 g/mol. The summed E-state index contributed by atoms with van der Waals surface area (Å²) in [5.74, 6) is 0.728. The second-order valence-electron chi connectivity index (χ2n) is 4.65. The first-order valence-corrected chi connectivity index (χ1v) is 7.34. The molecule has 7 heteroatoms. The highest BCUT2D eigenvalue weighted by Crippen LogP contribution is 2.29. The third kappa shape index (κ3) is 3.99. The van der Waals surface area contributed by atoms with Crippen LogP contribution in [-0.4, -0.2) is 26.1 Å². The molecule has 1 heterocycles. The molecule has 6 nitrogen and oxygen atoms in total. The lowest BCUT2D eigenvalue weighted by atomic mass is 9.99. The summed E-state index contributed by atoms with van der Waals surface area (Å²) in [7, 11) is 0. The lowest BCUT2D eigenvalue weighted by Crippen LogP contribution is -2.20. The van der Waals surface area contributed by atoms with Gasteiger partial charge in [0.15, 0.2) is 5.16 Å². The fraction of sp³-hybridized carbons (Fsp3) is 0.583. The van der Waals surface area contributed by atoms with Crippen LogP contribution in [0.2, 0.25) is 0 Å². The van der Waals surface area contributed by atoms with E-state index in [-0.39, 0.29) is 5.25 Å². The molecular weight excluding hydrogens is 262 g/mol. The topological polar surface area (TPSA) is 110 Å². The van der Waals surface area contributed by atoms with Crippen LogP contribution in [0.15, 0.2) is 16.4 Å². The lowest BCUT2D eigenvalue weighted by molar-refractivity contribution is 0.315. The molecule has 1 aliphatic carbocycles. The van der Waals surface area contributed by atoms with Crippen molar-refractivity contribution in [3.63, 3.8) is 0 Å². The molecule has 0 unspecified atom stereocenters. The van der Waals surface area contributed by atoms with Gasteiger partial charge in [0.05, 0.1) is 11.0 Å². The quantitative estimate of drug-likeness (QED) is 0.436. The van der Waals surface area contributed by atoms with Crippen molar-refractivity contribution in [3.05, 3.63) is 6.07 Å². The number of hydrogen-bond donors (Lipinski definition) is 3. The van der Waals surface area contributed by atoms with Crippen LogP contribution < -0.4 is 11.5 Å². The van der Waals surface area contributed by atoms with Gasteiger partial charge in [-0.15, -0.1) is 0 Å². The molecule has 1 atom stereocenters. The van der Waals surface area contributed by atoms with E-state index in [1.807, 2.05) is 0 Å². The van der Waals surface area contributed by atoms with Crippen LogP contribution in [-0.2, 0) is 0 Å². The number of nitrogen functional groups attached to an aromatic ring is 2. The van der Waals surface area contributed by atoms with E-state index in [2.05, 4.69) is 15.1 Å². The molecule has 0 aromatic carbocycles. The van der Waals surface area contributed by atoms with E-state index in [1.165, 1.54) is 30.7 Å². The number of nitrogens with two attached hydrogens (primary N) is 2. The van der Waals surface area contributed by atoms with E-state index in [1.54, 1.807) is 0 Å². The van der Waals surface area contributed by atoms with E-state index in [9.17, 15) is 0 Å². The third-order valence-electron chi connectivity index (χ3n) is 3.14. The predicted molar refractivity (Wildman–Crippen MR) is 77.4 cm³/mol. The van der Waals surface area contributed by atoms with Crippen molar-refractivity contribution in [1.29, 1.82) is 0 Å². The van der Waals surface area contributed by atoms with Crippen LogP contribution in [0.4, 0.5) is 11.6 Å². The Hall–Kier alpha value is -1.50. The largest absolute Gasteiger partial charge is 0.411 e. The molecule has 5 N–H and O–H groups in total. The minimum absolute atomic E-state index is 0.103. The first-order valence-electron chi connectivity index (χ1n) is 6.46. The summed E-state index contributed by atoms with van der Waals surface area (Å²) in [5.41, 5.74) is 12.1. The van der Waals surface area contributed by atoms with Crippen molar-refractivity contribution < 1.29 is 5.21 Å². The van der Waals surface area contributed by atoms with E-state index in [0.29, 0.717) is 16.8 Å². The number of nitrogens with zero attached hydrogens (tertiary/aromatic N) is 3. The van der Waals surface area contributed by atoms with E-state index < -0.39 is 0 Å². The van der Waals surface area contributed by atoms with Gasteiger partial charge < -0.3 is 16.7 Å². The third-order valence-corrected chi connectivity index (χ3v) is 4.33. The van der Waals surface area contributed by atoms with Gasteiger partial charge in [0.2, 0.25) is 0 Å². The Labute approximate surface area is 116 Å². The molecule has 1 aromatic heterocycles. The molecule has 0 aliphatic heterocycles. The second kappa shape index (κ2) is 6.60. The fourth-order valence-corrected chi connectivity index (χ4v) is 3.36. The minimum Gasteiger partial charge on any atom is -0.411 e. The Morgan fingerprint density at radius 2 is 1.84 bits per heavy atom. The Morgan fingerprint density at radius 1 is 1.16 bits per heavy atom. The molecule has 0 saturated heterocycles. The Morgan fingerprint density at radius 3 is 2.53 bits per heavy atom. The summed E-state index contributed by atoms with van der Waals surface area (Å²) in [4.78, 5) is 8.33. The molecule has 0 bridgehead atoms. The molecule has 1 saturated carbocycles. The summed E-state index contributed by atoms with van der Waals surface area (Å²) in [6.45, 7) is 0. The van der Waals surface area contributed by atoms with Gasteiger partial charge in [-0.25, -0.2) is 9.97 Å². The molecule has 2 rings (SSSR count). The Kier molecular flexibility index (Phi) is 4.84. The van der Waals surface area contributed by atoms with Gasteiger partial charge in [-0.2, -0.15) is 0 Å². The molecule has 1 fully saturated rings. The van der Waals surface area contributed by atoms with Crippen LogP contribution >= 0.6 is 11.8 Å². The van der Waals surface area contributed by atoms with Gasteiger partial charge in [-0.1, -0.05) is 36.2 Å². The van der Waals surface area contributed by atoms with Crippen LogP contribution in [0.25, 0.3) is 0 Å². The molecule has 0 radical (unpaired) electrons. The summed E-state index contributed by atoms with van der Waals surface area (Å²) in [6.07, 6.45) is 6.38. The van der Waals surface area contributed by atoms with Crippen LogP contribution in [0.5, 0.6) is 0 Å². The minimum atomic E-state index is 0.103. The number of oxime groups is 1. The van der Waals surface area contributed by atoms with Crippen LogP contribution in [0.3, 0.4) is 0 Å². The van der Waals surface area contributed by atoms with Crippen LogP contribution in [0, 0.1) is 0 Å². The maximum atomic E-state index is 9.15.